The van der Waals surface area contributed by atoms with Crippen LogP contribution in [0.4, 0.5) is 4.39 Å². The maximum absolute atomic E-state index is 13.1. The lowest BCUT2D eigenvalue weighted by atomic mass is 9.95. The summed E-state index contributed by atoms with van der Waals surface area (Å²) in [5, 5.41) is 10.8. The van der Waals surface area contributed by atoms with Crippen LogP contribution in [0.3, 0.4) is 0 Å². The zero-order valence-corrected chi connectivity index (χ0v) is 14.6. The van der Waals surface area contributed by atoms with Crippen LogP contribution >= 0.6 is 0 Å². The Morgan fingerprint density at radius 3 is 2.67 bits per heavy atom. The van der Waals surface area contributed by atoms with Gasteiger partial charge < -0.3 is 5.32 Å². The van der Waals surface area contributed by atoms with Crippen molar-refractivity contribution in [2.45, 2.75) is 44.7 Å². The van der Waals surface area contributed by atoms with Crippen LogP contribution in [0.5, 0.6) is 0 Å². The van der Waals surface area contributed by atoms with Gasteiger partial charge in [0.05, 0.1) is 5.69 Å². The molecule has 4 rings (SSSR count). The molecule has 8 nitrogen and oxygen atoms in total. The van der Waals surface area contributed by atoms with E-state index in [0.717, 1.165) is 25.7 Å². The quantitative estimate of drug-likeness (QED) is 0.752. The van der Waals surface area contributed by atoms with E-state index in [2.05, 4.69) is 20.6 Å². The number of nitrogens with zero attached hydrogens (tertiary/aromatic N) is 5. The normalized spacial score (nSPS) is 15.1. The van der Waals surface area contributed by atoms with E-state index in [1.54, 1.807) is 0 Å². The maximum Gasteiger partial charge on any atom is 0.284 e. The molecular weight excluding hydrogens is 351 g/mol. The molecule has 0 saturated heterocycles. The molecule has 0 bridgehead atoms. The molecule has 2 heterocycles. The molecule has 0 radical (unpaired) electrons. The van der Waals surface area contributed by atoms with E-state index in [4.69, 9.17) is 0 Å². The van der Waals surface area contributed by atoms with Crippen molar-refractivity contribution in [3.8, 4) is 5.69 Å². The lowest BCUT2D eigenvalue weighted by Gasteiger charge is -2.22. The van der Waals surface area contributed by atoms with E-state index in [0.29, 0.717) is 5.69 Å². The van der Waals surface area contributed by atoms with Crippen molar-refractivity contribution in [2.24, 2.45) is 0 Å². The number of nitrogens with one attached hydrogen (secondary N) is 1. The number of rotatable bonds is 4. The first-order valence-corrected chi connectivity index (χ1v) is 8.98. The van der Waals surface area contributed by atoms with Crippen LogP contribution in [0.2, 0.25) is 0 Å². The number of fused-ring (bicyclic) bond motifs is 1. The number of carbonyl (C=O) groups excluding carboxylic acids is 1. The van der Waals surface area contributed by atoms with Crippen LogP contribution in [-0.4, -0.2) is 36.5 Å². The fourth-order valence-electron chi connectivity index (χ4n) is 3.39. The molecule has 1 N–H and O–H groups in total. The Morgan fingerprint density at radius 1 is 1.19 bits per heavy atom. The number of aromatic nitrogens is 5. The van der Waals surface area contributed by atoms with Crippen LogP contribution in [0.15, 0.2) is 35.4 Å². The highest BCUT2D eigenvalue weighted by Gasteiger charge is 2.18. The second-order valence-corrected chi connectivity index (χ2v) is 6.73. The van der Waals surface area contributed by atoms with Crippen molar-refractivity contribution in [1.29, 1.82) is 0 Å². The Balaban J connectivity index is 1.56. The van der Waals surface area contributed by atoms with E-state index in [1.165, 1.54) is 46.3 Å². The molecule has 0 aliphatic heterocycles. The first-order valence-electron chi connectivity index (χ1n) is 8.98. The molecule has 1 amide bonds. The Kier molecular flexibility index (Phi) is 4.66. The summed E-state index contributed by atoms with van der Waals surface area (Å²) in [5.74, 6) is -0.585. The summed E-state index contributed by atoms with van der Waals surface area (Å²) in [7, 11) is 0. The molecule has 1 aromatic carbocycles. The lowest BCUT2D eigenvalue weighted by molar-refractivity contribution is -0.122. The number of benzene rings is 1. The van der Waals surface area contributed by atoms with Crippen molar-refractivity contribution in [2.75, 3.05) is 0 Å². The molecule has 3 aromatic rings. The van der Waals surface area contributed by atoms with Gasteiger partial charge in [-0.2, -0.15) is 4.68 Å². The van der Waals surface area contributed by atoms with E-state index >= 15 is 0 Å². The van der Waals surface area contributed by atoms with Gasteiger partial charge in [-0.15, -0.1) is 5.10 Å². The molecule has 1 saturated carbocycles. The second kappa shape index (κ2) is 7.26. The zero-order valence-electron chi connectivity index (χ0n) is 14.6. The maximum atomic E-state index is 13.1. The van der Waals surface area contributed by atoms with Gasteiger partial charge in [0.1, 0.15) is 18.7 Å². The number of carbonyl (C=O) groups is 1. The minimum absolute atomic E-state index is 0.0623. The Bertz CT molecular complexity index is 1020. The van der Waals surface area contributed by atoms with Crippen molar-refractivity contribution in [3.63, 3.8) is 0 Å². The van der Waals surface area contributed by atoms with Crippen LogP contribution in [0.25, 0.3) is 16.9 Å². The molecule has 0 unspecified atom stereocenters. The highest BCUT2D eigenvalue weighted by Crippen LogP contribution is 2.17. The molecule has 27 heavy (non-hydrogen) atoms. The molecule has 0 spiro atoms. The minimum atomic E-state index is -0.438. The number of hydrogen-bond donors (Lipinski definition) is 1. The molecule has 140 valence electrons. The van der Waals surface area contributed by atoms with Gasteiger partial charge in [0.2, 0.25) is 5.91 Å². The smallest absolute Gasteiger partial charge is 0.284 e. The van der Waals surface area contributed by atoms with Crippen molar-refractivity contribution >= 4 is 17.1 Å². The average molecular weight is 370 g/mol. The highest BCUT2D eigenvalue weighted by molar-refractivity contribution is 5.76. The SMILES string of the molecule is O=C(Cn1cnc2c(nnn2-c2ccc(F)cc2)c1=O)NC1CCCCC1. The summed E-state index contributed by atoms with van der Waals surface area (Å²) in [6.45, 7) is -0.109. The topological polar surface area (TPSA) is 94.7 Å². The van der Waals surface area contributed by atoms with Crippen LogP contribution in [-0.2, 0) is 11.3 Å². The number of amides is 1. The van der Waals surface area contributed by atoms with Gasteiger partial charge in [0.15, 0.2) is 11.2 Å². The second-order valence-electron chi connectivity index (χ2n) is 6.73. The van der Waals surface area contributed by atoms with Crippen molar-refractivity contribution in [3.05, 3.63) is 46.8 Å². The van der Waals surface area contributed by atoms with Crippen molar-refractivity contribution < 1.29 is 9.18 Å². The molecule has 1 fully saturated rings. The van der Waals surface area contributed by atoms with Gasteiger partial charge in [0, 0.05) is 6.04 Å². The van der Waals surface area contributed by atoms with Gasteiger partial charge in [-0.05, 0) is 37.1 Å². The molecule has 2 aromatic heterocycles. The predicted octanol–water partition coefficient (Wildman–Crippen LogP) is 1.57. The summed E-state index contributed by atoms with van der Waals surface area (Å²) in [6, 6.07) is 5.81. The van der Waals surface area contributed by atoms with Crippen molar-refractivity contribution in [1.82, 2.24) is 29.9 Å². The van der Waals surface area contributed by atoms with Gasteiger partial charge in [-0.25, -0.2) is 9.37 Å². The van der Waals surface area contributed by atoms with E-state index in [-0.39, 0.29) is 35.5 Å². The summed E-state index contributed by atoms with van der Waals surface area (Å²) < 4.78 is 15.7. The fourth-order valence-corrected chi connectivity index (χ4v) is 3.39. The standard InChI is InChI=1S/C18H19FN6O2/c19-12-6-8-14(9-7-12)25-17-16(22-23-25)18(27)24(11-20-17)10-15(26)21-13-4-2-1-3-5-13/h6-9,11,13H,1-5,10H2,(H,21,26). The predicted molar refractivity (Wildman–Crippen MR) is 95.9 cm³/mol. The largest absolute Gasteiger partial charge is 0.352 e. The van der Waals surface area contributed by atoms with Gasteiger partial charge >= 0.3 is 0 Å². The molecule has 9 heteroatoms. The monoisotopic (exact) mass is 370 g/mol. The summed E-state index contributed by atoms with van der Waals surface area (Å²) >= 11 is 0. The third-order valence-electron chi connectivity index (χ3n) is 4.78. The van der Waals surface area contributed by atoms with Gasteiger partial charge in [-0.3, -0.25) is 14.2 Å². The van der Waals surface area contributed by atoms with Crippen LogP contribution in [0, 0.1) is 5.82 Å². The highest BCUT2D eigenvalue weighted by atomic mass is 19.1. The average Bonchev–Trinajstić information content (AvgIpc) is 3.10. The zero-order chi connectivity index (χ0) is 18.8. The van der Waals surface area contributed by atoms with Gasteiger partial charge in [0.25, 0.3) is 5.56 Å². The van der Waals surface area contributed by atoms with E-state index < -0.39 is 5.56 Å². The first kappa shape index (κ1) is 17.3. The van der Waals surface area contributed by atoms with E-state index in [9.17, 15) is 14.0 Å². The summed E-state index contributed by atoms with van der Waals surface area (Å²) in [6.07, 6.45) is 6.70. The molecular formula is C18H19FN6O2. The lowest BCUT2D eigenvalue weighted by Crippen LogP contribution is -2.39. The Hall–Kier alpha value is -3.10. The Labute approximate surface area is 154 Å². The van der Waals surface area contributed by atoms with Crippen LogP contribution < -0.4 is 10.9 Å². The summed E-state index contributed by atoms with van der Waals surface area (Å²) in [4.78, 5) is 29.1. The first-order chi connectivity index (χ1) is 13.1. The van der Waals surface area contributed by atoms with E-state index in [1.807, 2.05) is 0 Å². The number of halogens is 1. The molecule has 1 aliphatic carbocycles. The number of hydrogen-bond acceptors (Lipinski definition) is 5. The molecule has 0 atom stereocenters. The fraction of sp³-hybridized carbons (Fsp3) is 0.389. The Morgan fingerprint density at radius 2 is 1.93 bits per heavy atom. The van der Waals surface area contributed by atoms with Crippen LogP contribution in [0.1, 0.15) is 32.1 Å². The third kappa shape index (κ3) is 3.57. The summed E-state index contributed by atoms with van der Waals surface area (Å²) in [5.41, 5.74) is 0.425. The third-order valence-corrected chi connectivity index (χ3v) is 4.78. The molecule has 1 aliphatic rings. The van der Waals surface area contributed by atoms with Gasteiger partial charge in [-0.1, -0.05) is 24.5 Å². The minimum Gasteiger partial charge on any atom is -0.352 e.